The normalized spacial score (nSPS) is 14.2. The molecule has 5 heteroatoms. The molecule has 0 spiro atoms. The zero-order valence-corrected chi connectivity index (χ0v) is 21.0. The van der Waals surface area contributed by atoms with Crippen molar-refractivity contribution in [1.82, 2.24) is 0 Å². The van der Waals surface area contributed by atoms with Crippen molar-refractivity contribution >= 4 is 51.8 Å². The second-order valence-electron chi connectivity index (χ2n) is 8.95. The molecule has 3 aromatic rings. The molecular formula is C29H30Cl2O3. The van der Waals surface area contributed by atoms with Gasteiger partial charge in [-0.15, -0.1) is 0 Å². The zero-order valence-electron chi connectivity index (χ0n) is 19.5. The number of carboxylic acids is 1. The fraction of sp³-hybridized carbons (Fsp3) is 0.310. The van der Waals surface area contributed by atoms with Gasteiger partial charge in [-0.25, -0.2) is 0 Å². The molecule has 3 aromatic carbocycles. The summed E-state index contributed by atoms with van der Waals surface area (Å²) in [4.78, 5) is 24.0. The minimum absolute atomic E-state index is 0.0139. The molecule has 0 fully saturated rings. The molecule has 0 aliphatic carbocycles. The quantitative estimate of drug-likeness (QED) is 0.291. The van der Waals surface area contributed by atoms with E-state index in [1.54, 1.807) is 13.0 Å². The SMILES string of the molecule is CC[C@H](CC(=O)C[C@@H](C)[C@H](/C=C/c1ccc2ccccc2c1)Cc1ccc(Cl)c(Cl)c1)C(=O)O. The lowest BCUT2D eigenvalue weighted by molar-refractivity contribution is -0.144. The van der Waals surface area contributed by atoms with Gasteiger partial charge in [-0.1, -0.05) is 91.7 Å². The number of fused-ring (bicyclic) bond motifs is 1. The van der Waals surface area contributed by atoms with Gasteiger partial charge < -0.3 is 5.11 Å². The number of hydrogen-bond donors (Lipinski definition) is 1. The summed E-state index contributed by atoms with van der Waals surface area (Å²) in [5.74, 6) is -1.45. The van der Waals surface area contributed by atoms with Gasteiger partial charge in [-0.2, -0.15) is 0 Å². The first-order valence-corrected chi connectivity index (χ1v) is 12.4. The second kappa shape index (κ2) is 12.2. The van der Waals surface area contributed by atoms with Crippen LogP contribution in [0.25, 0.3) is 16.8 Å². The van der Waals surface area contributed by atoms with Crippen molar-refractivity contribution in [3.8, 4) is 0 Å². The van der Waals surface area contributed by atoms with E-state index >= 15 is 0 Å². The van der Waals surface area contributed by atoms with Crippen LogP contribution in [0.4, 0.5) is 0 Å². The summed E-state index contributed by atoms with van der Waals surface area (Å²) in [5.41, 5.74) is 2.13. The van der Waals surface area contributed by atoms with E-state index in [-0.39, 0.29) is 24.0 Å². The van der Waals surface area contributed by atoms with E-state index in [9.17, 15) is 14.7 Å². The van der Waals surface area contributed by atoms with Crippen molar-refractivity contribution in [3.63, 3.8) is 0 Å². The zero-order chi connectivity index (χ0) is 24.7. The summed E-state index contributed by atoms with van der Waals surface area (Å²) >= 11 is 12.3. The van der Waals surface area contributed by atoms with E-state index in [2.05, 4.69) is 42.5 Å². The van der Waals surface area contributed by atoms with Crippen LogP contribution in [-0.4, -0.2) is 16.9 Å². The van der Waals surface area contributed by atoms with Crippen molar-refractivity contribution in [2.75, 3.05) is 0 Å². The number of ketones is 1. The van der Waals surface area contributed by atoms with Crippen LogP contribution in [0.15, 0.2) is 66.7 Å². The molecule has 3 rings (SSSR count). The van der Waals surface area contributed by atoms with Crippen molar-refractivity contribution < 1.29 is 14.7 Å². The number of allylic oxidation sites excluding steroid dienone is 1. The molecular weight excluding hydrogens is 467 g/mol. The number of aliphatic carboxylic acids is 1. The summed E-state index contributed by atoms with van der Waals surface area (Å²) in [5, 5.41) is 12.7. The Bertz CT molecular complexity index is 1180. The number of hydrogen-bond acceptors (Lipinski definition) is 2. The van der Waals surface area contributed by atoms with Crippen molar-refractivity contribution in [2.45, 2.75) is 39.5 Å². The van der Waals surface area contributed by atoms with Crippen molar-refractivity contribution in [2.24, 2.45) is 17.8 Å². The van der Waals surface area contributed by atoms with Crippen LogP contribution in [0.1, 0.15) is 44.2 Å². The highest BCUT2D eigenvalue weighted by Crippen LogP contribution is 2.29. The maximum absolute atomic E-state index is 12.7. The maximum Gasteiger partial charge on any atom is 0.306 e. The number of benzene rings is 3. The van der Waals surface area contributed by atoms with Crippen LogP contribution in [0.5, 0.6) is 0 Å². The number of carbonyl (C=O) groups is 2. The summed E-state index contributed by atoms with van der Waals surface area (Å²) in [7, 11) is 0. The van der Waals surface area contributed by atoms with Gasteiger partial charge >= 0.3 is 5.97 Å². The minimum atomic E-state index is -0.910. The fourth-order valence-electron chi connectivity index (χ4n) is 4.22. The molecule has 3 atom stereocenters. The van der Waals surface area contributed by atoms with Crippen LogP contribution in [0.2, 0.25) is 10.0 Å². The molecule has 0 aromatic heterocycles. The van der Waals surface area contributed by atoms with Gasteiger partial charge in [-0.3, -0.25) is 9.59 Å². The number of carbonyl (C=O) groups excluding carboxylic acids is 1. The predicted octanol–water partition coefficient (Wildman–Crippen LogP) is 8.11. The molecule has 0 heterocycles. The van der Waals surface area contributed by atoms with E-state index in [4.69, 9.17) is 23.2 Å². The molecule has 0 bridgehead atoms. The van der Waals surface area contributed by atoms with Crippen LogP contribution in [0, 0.1) is 17.8 Å². The lowest BCUT2D eigenvalue weighted by atomic mass is 9.83. The first-order chi connectivity index (χ1) is 16.3. The topological polar surface area (TPSA) is 54.4 Å². The standard InChI is InChI=1S/C29H30Cl2O3/c1-3-22(29(33)34)18-26(32)14-19(2)24(16-21-10-13-27(30)28(31)17-21)12-9-20-8-11-23-6-4-5-7-25(23)15-20/h4-13,15,17,19,22,24H,3,14,16,18H2,1-2H3,(H,33,34)/b12-9+/t19-,22-,24-/m1/s1. The molecule has 34 heavy (non-hydrogen) atoms. The third kappa shape index (κ3) is 7.19. The molecule has 178 valence electrons. The number of carboxylic acid groups (broad SMARTS) is 1. The summed E-state index contributed by atoms with van der Waals surface area (Å²) < 4.78 is 0. The molecule has 0 aliphatic rings. The Kier molecular flexibility index (Phi) is 9.32. The Hall–Kier alpha value is -2.62. The third-order valence-corrected chi connectivity index (χ3v) is 7.10. The number of halogens is 2. The largest absolute Gasteiger partial charge is 0.481 e. The third-order valence-electron chi connectivity index (χ3n) is 6.36. The molecule has 1 N–H and O–H groups in total. The van der Waals surface area contributed by atoms with Gasteiger partial charge in [0.2, 0.25) is 0 Å². The highest BCUT2D eigenvalue weighted by atomic mass is 35.5. The van der Waals surface area contributed by atoms with Gasteiger partial charge in [-0.05, 0) is 64.8 Å². The van der Waals surface area contributed by atoms with E-state index in [0.717, 1.165) is 11.1 Å². The lowest BCUT2D eigenvalue weighted by Gasteiger charge is -2.22. The van der Waals surface area contributed by atoms with Gasteiger partial charge in [0.05, 0.1) is 16.0 Å². The van der Waals surface area contributed by atoms with E-state index in [0.29, 0.717) is 29.3 Å². The van der Waals surface area contributed by atoms with Crippen LogP contribution >= 0.6 is 23.2 Å². The summed E-state index contributed by atoms with van der Waals surface area (Å²) in [6, 6.07) is 20.2. The van der Waals surface area contributed by atoms with E-state index in [1.807, 2.05) is 31.2 Å². The van der Waals surface area contributed by atoms with Crippen molar-refractivity contribution in [1.29, 1.82) is 0 Å². The number of Topliss-reactive ketones (excluding diaryl/α,β-unsaturated/α-hetero) is 1. The van der Waals surface area contributed by atoms with Gasteiger partial charge in [0.25, 0.3) is 0 Å². The second-order valence-corrected chi connectivity index (χ2v) is 9.76. The molecule has 0 saturated heterocycles. The van der Waals surface area contributed by atoms with Crippen LogP contribution < -0.4 is 0 Å². The monoisotopic (exact) mass is 496 g/mol. The highest BCUT2D eigenvalue weighted by Gasteiger charge is 2.23. The Morgan fingerprint density at radius 3 is 2.35 bits per heavy atom. The minimum Gasteiger partial charge on any atom is -0.481 e. The van der Waals surface area contributed by atoms with Crippen LogP contribution in [0.3, 0.4) is 0 Å². The molecule has 0 amide bonds. The maximum atomic E-state index is 12.7. The average Bonchev–Trinajstić information content (AvgIpc) is 2.82. The van der Waals surface area contributed by atoms with Gasteiger partial charge in [0.15, 0.2) is 0 Å². The fourth-order valence-corrected chi connectivity index (χ4v) is 4.54. The Balaban J connectivity index is 1.81. The van der Waals surface area contributed by atoms with E-state index in [1.165, 1.54) is 10.8 Å². The first kappa shape index (κ1) is 26.0. The van der Waals surface area contributed by atoms with Crippen LogP contribution in [-0.2, 0) is 16.0 Å². The molecule has 0 radical (unpaired) electrons. The average molecular weight is 497 g/mol. The Labute approximate surface area is 211 Å². The number of rotatable bonds is 11. The first-order valence-electron chi connectivity index (χ1n) is 11.6. The Morgan fingerprint density at radius 1 is 0.941 bits per heavy atom. The summed E-state index contributed by atoms with van der Waals surface area (Å²) in [6.45, 7) is 3.85. The molecule has 3 nitrogen and oxygen atoms in total. The van der Waals surface area contributed by atoms with Crippen molar-refractivity contribution in [3.05, 3.63) is 87.9 Å². The lowest BCUT2D eigenvalue weighted by Crippen LogP contribution is -2.21. The van der Waals surface area contributed by atoms with Gasteiger partial charge in [0.1, 0.15) is 5.78 Å². The van der Waals surface area contributed by atoms with E-state index < -0.39 is 11.9 Å². The smallest absolute Gasteiger partial charge is 0.306 e. The molecule has 0 unspecified atom stereocenters. The molecule has 0 aliphatic heterocycles. The molecule has 0 saturated carbocycles. The summed E-state index contributed by atoms with van der Waals surface area (Å²) in [6.07, 6.45) is 5.80. The van der Waals surface area contributed by atoms with Gasteiger partial charge in [0, 0.05) is 12.8 Å². The predicted molar refractivity (Wildman–Crippen MR) is 141 cm³/mol. The highest BCUT2D eigenvalue weighted by molar-refractivity contribution is 6.42. The Morgan fingerprint density at radius 2 is 1.68 bits per heavy atom.